The van der Waals surface area contributed by atoms with Gasteiger partial charge >= 0.3 is 0 Å². The summed E-state index contributed by atoms with van der Waals surface area (Å²) in [6.45, 7) is 3.48. The molecule has 0 bridgehead atoms. The molecule has 0 aliphatic rings. The quantitative estimate of drug-likeness (QED) is 0.829. The molecule has 0 saturated carbocycles. The van der Waals surface area contributed by atoms with Crippen LogP contribution in [0.5, 0.6) is 0 Å². The fourth-order valence-electron chi connectivity index (χ4n) is 1.80. The third kappa shape index (κ3) is 3.10. The minimum absolute atomic E-state index is 0.191. The van der Waals surface area contributed by atoms with Crippen LogP contribution < -0.4 is 10.5 Å². The van der Waals surface area contributed by atoms with Crippen LogP contribution in [0, 0.1) is 13.8 Å². The Morgan fingerprint density at radius 1 is 1.20 bits per heavy atom. The first-order valence-electron chi connectivity index (χ1n) is 5.81. The molecule has 7 heteroatoms. The first-order valence-corrected chi connectivity index (χ1v) is 8.08. The lowest BCUT2D eigenvalue weighted by Crippen LogP contribution is -2.16. The van der Waals surface area contributed by atoms with Gasteiger partial charge in [-0.1, -0.05) is 0 Å². The summed E-state index contributed by atoms with van der Waals surface area (Å²) in [5.41, 5.74) is 7.48. The first kappa shape index (κ1) is 14.8. The average molecular weight is 356 g/mol. The van der Waals surface area contributed by atoms with Crippen molar-refractivity contribution in [2.45, 2.75) is 18.7 Å². The van der Waals surface area contributed by atoms with Crippen molar-refractivity contribution in [1.29, 1.82) is 0 Å². The molecule has 20 heavy (non-hydrogen) atoms. The maximum Gasteiger partial charge on any atom is 0.263 e. The topological polar surface area (TPSA) is 85.1 Å². The molecule has 2 rings (SSSR count). The van der Waals surface area contributed by atoms with E-state index in [1.165, 1.54) is 6.07 Å². The van der Waals surface area contributed by atoms with Gasteiger partial charge in [0.2, 0.25) is 0 Å². The molecule has 2 aromatic rings. The summed E-state index contributed by atoms with van der Waals surface area (Å²) in [5.74, 6) is 0.310. The maximum absolute atomic E-state index is 12.4. The molecule has 0 aliphatic carbocycles. The van der Waals surface area contributed by atoms with Crippen molar-refractivity contribution in [3.05, 3.63) is 46.1 Å². The molecule has 1 aromatic carbocycles. The van der Waals surface area contributed by atoms with Gasteiger partial charge in [0.05, 0.1) is 4.90 Å². The SMILES string of the molecule is Cc1cc(N)ccc1S(=O)(=O)Nc1ncc(Br)cc1C. The van der Waals surface area contributed by atoms with Crippen LogP contribution in [0.4, 0.5) is 11.5 Å². The lowest BCUT2D eigenvalue weighted by Gasteiger charge is -2.12. The summed E-state index contributed by atoms with van der Waals surface area (Å²) >= 11 is 3.29. The fourth-order valence-corrected chi connectivity index (χ4v) is 3.56. The van der Waals surface area contributed by atoms with E-state index in [0.717, 1.165) is 10.0 Å². The van der Waals surface area contributed by atoms with Crippen molar-refractivity contribution in [2.24, 2.45) is 0 Å². The van der Waals surface area contributed by atoms with Gasteiger partial charge in [0.25, 0.3) is 10.0 Å². The highest BCUT2D eigenvalue weighted by Crippen LogP contribution is 2.23. The second-order valence-electron chi connectivity index (χ2n) is 4.45. The molecule has 0 radical (unpaired) electrons. The molecule has 0 unspecified atom stereocenters. The van der Waals surface area contributed by atoms with E-state index < -0.39 is 10.0 Å². The number of nitrogens with two attached hydrogens (primary N) is 1. The molecule has 0 aliphatic heterocycles. The van der Waals surface area contributed by atoms with E-state index in [9.17, 15) is 8.42 Å². The summed E-state index contributed by atoms with van der Waals surface area (Å²) in [6.07, 6.45) is 1.54. The van der Waals surface area contributed by atoms with E-state index in [-0.39, 0.29) is 4.90 Å². The van der Waals surface area contributed by atoms with E-state index in [0.29, 0.717) is 17.1 Å². The van der Waals surface area contributed by atoms with Gasteiger partial charge in [-0.15, -0.1) is 0 Å². The number of halogens is 1. The molecule has 0 saturated heterocycles. The standard InChI is InChI=1S/C13H14BrN3O2S/c1-8-6-11(15)3-4-12(8)20(18,19)17-13-9(2)5-10(14)7-16-13/h3-7H,15H2,1-2H3,(H,16,17). The summed E-state index contributed by atoms with van der Waals surface area (Å²) in [7, 11) is -3.68. The van der Waals surface area contributed by atoms with Crippen molar-refractivity contribution in [2.75, 3.05) is 10.5 Å². The monoisotopic (exact) mass is 355 g/mol. The molecule has 0 atom stereocenters. The van der Waals surface area contributed by atoms with Gasteiger partial charge in [-0.05, 0) is 65.2 Å². The van der Waals surface area contributed by atoms with Crippen LogP contribution in [0.2, 0.25) is 0 Å². The Kier molecular flexibility index (Phi) is 4.01. The third-order valence-electron chi connectivity index (χ3n) is 2.76. The van der Waals surface area contributed by atoms with Crippen molar-refractivity contribution in [3.8, 4) is 0 Å². The Bertz CT molecular complexity index is 760. The first-order chi connectivity index (χ1) is 9.29. The van der Waals surface area contributed by atoms with Crippen LogP contribution in [0.3, 0.4) is 0 Å². The molecule has 3 N–H and O–H groups in total. The normalized spacial score (nSPS) is 11.3. The highest BCUT2D eigenvalue weighted by molar-refractivity contribution is 9.10. The predicted molar refractivity (Wildman–Crippen MR) is 83.1 cm³/mol. The summed E-state index contributed by atoms with van der Waals surface area (Å²) < 4.78 is 28.0. The molecular formula is C13H14BrN3O2S. The number of benzene rings is 1. The summed E-state index contributed by atoms with van der Waals surface area (Å²) in [4.78, 5) is 4.26. The highest BCUT2D eigenvalue weighted by Gasteiger charge is 2.18. The number of nitrogen functional groups attached to an aromatic ring is 1. The van der Waals surface area contributed by atoms with E-state index >= 15 is 0 Å². The van der Waals surface area contributed by atoms with Crippen LogP contribution in [0.25, 0.3) is 0 Å². The van der Waals surface area contributed by atoms with Crippen LogP contribution in [0.1, 0.15) is 11.1 Å². The van der Waals surface area contributed by atoms with Gasteiger partial charge in [0, 0.05) is 16.4 Å². The van der Waals surface area contributed by atoms with Crippen LogP contribution in [0.15, 0.2) is 39.8 Å². The van der Waals surface area contributed by atoms with E-state index in [4.69, 9.17) is 5.73 Å². The Balaban J connectivity index is 2.41. The molecule has 106 valence electrons. The number of pyridine rings is 1. The smallest absolute Gasteiger partial charge is 0.263 e. The van der Waals surface area contributed by atoms with E-state index in [2.05, 4.69) is 25.6 Å². The second-order valence-corrected chi connectivity index (χ2v) is 7.02. The number of sulfonamides is 1. The molecule has 1 heterocycles. The summed E-state index contributed by atoms with van der Waals surface area (Å²) in [5, 5.41) is 0. The van der Waals surface area contributed by atoms with E-state index in [1.54, 1.807) is 38.2 Å². The van der Waals surface area contributed by atoms with E-state index in [1.807, 2.05) is 0 Å². The predicted octanol–water partition coefficient (Wildman–Crippen LogP) is 2.84. The lowest BCUT2D eigenvalue weighted by molar-refractivity contribution is 0.600. The summed E-state index contributed by atoms with van der Waals surface area (Å²) in [6, 6.07) is 6.46. The molecule has 0 amide bonds. The van der Waals surface area contributed by atoms with Crippen LogP contribution in [-0.2, 0) is 10.0 Å². The average Bonchev–Trinajstić information content (AvgIpc) is 2.32. The highest BCUT2D eigenvalue weighted by atomic mass is 79.9. The lowest BCUT2D eigenvalue weighted by atomic mass is 10.2. The van der Waals surface area contributed by atoms with Gasteiger partial charge in [-0.25, -0.2) is 13.4 Å². The molecule has 1 aromatic heterocycles. The van der Waals surface area contributed by atoms with Gasteiger partial charge < -0.3 is 5.73 Å². The van der Waals surface area contributed by atoms with Gasteiger partial charge in [0.15, 0.2) is 0 Å². The Morgan fingerprint density at radius 2 is 1.90 bits per heavy atom. The number of anilines is 2. The number of hydrogen-bond acceptors (Lipinski definition) is 4. The molecular weight excluding hydrogens is 342 g/mol. The zero-order valence-corrected chi connectivity index (χ0v) is 13.4. The number of rotatable bonds is 3. The second kappa shape index (κ2) is 5.41. The Labute approximate surface area is 126 Å². The third-order valence-corrected chi connectivity index (χ3v) is 4.70. The van der Waals surface area contributed by atoms with Crippen molar-refractivity contribution in [1.82, 2.24) is 4.98 Å². The maximum atomic E-state index is 12.4. The minimum atomic E-state index is -3.68. The number of nitrogens with one attached hydrogen (secondary N) is 1. The number of aromatic nitrogens is 1. The molecule has 0 spiro atoms. The van der Waals surface area contributed by atoms with Gasteiger partial charge in [0.1, 0.15) is 5.82 Å². The van der Waals surface area contributed by atoms with Gasteiger partial charge in [-0.2, -0.15) is 0 Å². The number of aryl methyl sites for hydroxylation is 2. The molecule has 0 fully saturated rings. The number of hydrogen-bond donors (Lipinski definition) is 2. The number of nitrogens with zero attached hydrogens (tertiary/aromatic N) is 1. The van der Waals surface area contributed by atoms with Crippen molar-refractivity contribution >= 4 is 37.5 Å². The minimum Gasteiger partial charge on any atom is -0.399 e. The fraction of sp³-hybridized carbons (Fsp3) is 0.154. The largest absolute Gasteiger partial charge is 0.399 e. The Hall–Kier alpha value is -1.60. The van der Waals surface area contributed by atoms with Crippen molar-refractivity contribution in [3.63, 3.8) is 0 Å². The van der Waals surface area contributed by atoms with Crippen LogP contribution in [-0.4, -0.2) is 13.4 Å². The molecule has 5 nitrogen and oxygen atoms in total. The van der Waals surface area contributed by atoms with Gasteiger partial charge in [-0.3, -0.25) is 4.72 Å². The van der Waals surface area contributed by atoms with Crippen LogP contribution >= 0.6 is 15.9 Å². The van der Waals surface area contributed by atoms with Crippen molar-refractivity contribution < 1.29 is 8.42 Å². The zero-order valence-electron chi connectivity index (χ0n) is 11.0. The zero-order chi connectivity index (χ0) is 14.9. The Morgan fingerprint density at radius 3 is 2.50 bits per heavy atom.